The summed E-state index contributed by atoms with van der Waals surface area (Å²) in [5.74, 6) is -1.41. The van der Waals surface area contributed by atoms with Crippen LogP contribution in [0.2, 0.25) is 0 Å². The number of aromatic carboxylic acids is 1. The van der Waals surface area contributed by atoms with Gasteiger partial charge in [-0.15, -0.1) is 0 Å². The van der Waals surface area contributed by atoms with Crippen molar-refractivity contribution >= 4 is 5.97 Å². The van der Waals surface area contributed by atoms with E-state index in [1.165, 1.54) is 12.1 Å². The van der Waals surface area contributed by atoms with Crippen LogP contribution >= 0.6 is 0 Å². The van der Waals surface area contributed by atoms with Crippen LogP contribution in [0.1, 0.15) is 22.8 Å². The zero-order valence-corrected chi connectivity index (χ0v) is 11.5. The van der Waals surface area contributed by atoms with Gasteiger partial charge in [0.1, 0.15) is 29.5 Å². The Kier molecular flexibility index (Phi) is 4.77. The van der Waals surface area contributed by atoms with E-state index in [4.69, 9.17) is 14.6 Å². The minimum Gasteiger partial charge on any atom is -0.494 e. The minimum absolute atomic E-state index is 0.0105. The van der Waals surface area contributed by atoms with Crippen molar-refractivity contribution < 1.29 is 23.8 Å². The first-order chi connectivity index (χ1) is 10.1. The SMILES string of the molecule is CCOc1ccc(COc2cccc(F)c2C(=O)O)cc1. The van der Waals surface area contributed by atoms with E-state index in [0.717, 1.165) is 17.4 Å². The third-order valence-electron chi connectivity index (χ3n) is 2.82. The van der Waals surface area contributed by atoms with Crippen LogP contribution in [-0.2, 0) is 6.61 Å². The van der Waals surface area contributed by atoms with E-state index in [1.54, 1.807) is 12.1 Å². The van der Waals surface area contributed by atoms with Gasteiger partial charge in [-0.2, -0.15) is 0 Å². The quantitative estimate of drug-likeness (QED) is 0.884. The first kappa shape index (κ1) is 14.8. The number of carboxylic acid groups (broad SMARTS) is 1. The van der Waals surface area contributed by atoms with Crippen molar-refractivity contribution in [2.45, 2.75) is 13.5 Å². The summed E-state index contributed by atoms with van der Waals surface area (Å²) in [6, 6.07) is 11.1. The summed E-state index contributed by atoms with van der Waals surface area (Å²) >= 11 is 0. The Hall–Kier alpha value is -2.56. The molecule has 5 heteroatoms. The minimum atomic E-state index is -1.35. The fraction of sp³-hybridized carbons (Fsp3) is 0.188. The van der Waals surface area contributed by atoms with E-state index in [-0.39, 0.29) is 12.4 Å². The van der Waals surface area contributed by atoms with Crippen LogP contribution in [0.4, 0.5) is 4.39 Å². The van der Waals surface area contributed by atoms with Crippen molar-refractivity contribution in [1.82, 2.24) is 0 Å². The highest BCUT2D eigenvalue weighted by atomic mass is 19.1. The second-order valence-electron chi connectivity index (χ2n) is 4.28. The molecule has 0 aliphatic rings. The van der Waals surface area contributed by atoms with E-state index in [2.05, 4.69) is 0 Å². The number of halogens is 1. The van der Waals surface area contributed by atoms with Crippen LogP contribution < -0.4 is 9.47 Å². The molecule has 2 aromatic carbocycles. The van der Waals surface area contributed by atoms with Gasteiger partial charge < -0.3 is 14.6 Å². The van der Waals surface area contributed by atoms with Gasteiger partial charge in [-0.3, -0.25) is 0 Å². The predicted molar refractivity (Wildman–Crippen MR) is 75.3 cm³/mol. The highest BCUT2D eigenvalue weighted by Crippen LogP contribution is 2.23. The highest BCUT2D eigenvalue weighted by molar-refractivity contribution is 5.91. The van der Waals surface area contributed by atoms with Gasteiger partial charge in [0, 0.05) is 0 Å². The van der Waals surface area contributed by atoms with Crippen molar-refractivity contribution in [3.05, 3.63) is 59.4 Å². The van der Waals surface area contributed by atoms with Gasteiger partial charge in [0.05, 0.1) is 6.61 Å². The molecule has 0 unspecified atom stereocenters. The summed E-state index contributed by atoms with van der Waals surface area (Å²) in [5, 5.41) is 9.00. The lowest BCUT2D eigenvalue weighted by molar-refractivity contribution is 0.0686. The molecule has 0 amide bonds. The van der Waals surface area contributed by atoms with Crippen LogP contribution in [-0.4, -0.2) is 17.7 Å². The number of carbonyl (C=O) groups is 1. The summed E-state index contributed by atoms with van der Waals surface area (Å²) in [7, 11) is 0. The molecule has 4 nitrogen and oxygen atoms in total. The van der Waals surface area contributed by atoms with Crippen LogP contribution in [0, 0.1) is 5.82 Å². The molecule has 110 valence electrons. The molecule has 0 atom stereocenters. The van der Waals surface area contributed by atoms with Gasteiger partial charge in [0.2, 0.25) is 0 Å². The van der Waals surface area contributed by atoms with Crippen LogP contribution in [0.15, 0.2) is 42.5 Å². The molecule has 0 radical (unpaired) electrons. The van der Waals surface area contributed by atoms with E-state index in [1.807, 2.05) is 19.1 Å². The average molecular weight is 290 g/mol. The van der Waals surface area contributed by atoms with E-state index in [9.17, 15) is 9.18 Å². The first-order valence-corrected chi connectivity index (χ1v) is 6.48. The van der Waals surface area contributed by atoms with E-state index in [0.29, 0.717) is 6.61 Å². The average Bonchev–Trinajstić information content (AvgIpc) is 2.46. The van der Waals surface area contributed by atoms with Gasteiger partial charge in [0.15, 0.2) is 0 Å². The summed E-state index contributed by atoms with van der Waals surface area (Å²) in [4.78, 5) is 11.0. The van der Waals surface area contributed by atoms with Crippen molar-refractivity contribution in [3.8, 4) is 11.5 Å². The number of hydrogen-bond acceptors (Lipinski definition) is 3. The van der Waals surface area contributed by atoms with Crippen LogP contribution in [0.5, 0.6) is 11.5 Å². The molecule has 0 bridgehead atoms. The molecule has 21 heavy (non-hydrogen) atoms. The Balaban J connectivity index is 2.09. The Morgan fingerprint density at radius 1 is 1.14 bits per heavy atom. The Bertz CT molecular complexity index is 623. The zero-order chi connectivity index (χ0) is 15.2. The third kappa shape index (κ3) is 3.72. The summed E-state index contributed by atoms with van der Waals surface area (Å²) in [6.07, 6.45) is 0. The molecular formula is C16H15FO4. The molecule has 0 fully saturated rings. The highest BCUT2D eigenvalue weighted by Gasteiger charge is 2.16. The van der Waals surface area contributed by atoms with Crippen molar-refractivity contribution in [1.29, 1.82) is 0 Å². The molecule has 0 saturated heterocycles. The topological polar surface area (TPSA) is 55.8 Å². The zero-order valence-electron chi connectivity index (χ0n) is 11.5. The lowest BCUT2D eigenvalue weighted by Gasteiger charge is -2.10. The van der Waals surface area contributed by atoms with Crippen LogP contribution in [0.25, 0.3) is 0 Å². The number of benzene rings is 2. The predicted octanol–water partition coefficient (Wildman–Crippen LogP) is 3.50. The van der Waals surface area contributed by atoms with Gasteiger partial charge in [0.25, 0.3) is 0 Å². The molecule has 0 aromatic heterocycles. The molecule has 0 aliphatic carbocycles. The van der Waals surface area contributed by atoms with E-state index >= 15 is 0 Å². The smallest absolute Gasteiger partial charge is 0.342 e. The summed E-state index contributed by atoms with van der Waals surface area (Å²) in [5.41, 5.74) is 0.377. The molecule has 0 heterocycles. The maximum absolute atomic E-state index is 13.5. The second-order valence-corrected chi connectivity index (χ2v) is 4.28. The molecular weight excluding hydrogens is 275 g/mol. The number of hydrogen-bond donors (Lipinski definition) is 1. The molecule has 0 aliphatic heterocycles. The lowest BCUT2D eigenvalue weighted by Crippen LogP contribution is -2.06. The van der Waals surface area contributed by atoms with Crippen LogP contribution in [0.3, 0.4) is 0 Å². The fourth-order valence-corrected chi connectivity index (χ4v) is 1.84. The van der Waals surface area contributed by atoms with Gasteiger partial charge in [-0.1, -0.05) is 18.2 Å². The van der Waals surface area contributed by atoms with Crippen molar-refractivity contribution in [2.75, 3.05) is 6.61 Å². The molecule has 2 aromatic rings. The molecule has 1 N–H and O–H groups in total. The molecule has 0 saturated carbocycles. The number of rotatable bonds is 6. The number of carboxylic acids is 1. The summed E-state index contributed by atoms with van der Waals surface area (Å²) in [6.45, 7) is 2.63. The van der Waals surface area contributed by atoms with E-state index < -0.39 is 17.3 Å². The third-order valence-corrected chi connectivity index (χ3v) is 2.82. The maximum Gasteiger partial charge on any atom is 0.342 e. The fourth-order valence-electron chi connectivity index (χ4n) is 1.84. The lowest BCUT2D eigenvalue weighted by atomic mass is 10.2. The van der Waals surface area contributed by atoms with Crippen molar-refractivity contribution in [3.63, 3.8) is 0 Å². The Morgan fingerprint density at radius 2 is 1.86 bits per heavy atom. The Morgan fingerprint density at radius 3 is 2.48 bits per heavy atom. The first-order valence-electron chi connectivity index (χ1n) is 6.48. The largest absolute Gasteiger partial charge is 0.494 e. The monoisotopic (exact) mass is 290 g/mol. The van der Waals surface area contributed by atoms with Crippen molar-refractivity contribution in [2.24, 2.45) is 0 Å². The molecule has 0 spiro atoms. The summed E-state index contributed by atoms with van der Waals surface area (Å²) < 4.78 is 24.2. The van der Waals surface area contributed by atoms with Gasteiger partial charge >= 0.3 is 5.97 Å². The standard InChI is InChI=1S/C16H15FO4/c1-2-20-12-8-6-11(7-9-12)10-21-14-5-3-4-13(17)15(14)16(18)19/h3-9H,2,10H2,1H3,(H,18,19). The van der Waals surface area contributed by atoms with Gasteiger partial charge in [-0.05, 0) is 36.8 Å². The normalized spacial score (nSPS) is 10.2. The number of ether oxygens (including phenoxy) is 2. The Labute approximate surface area is 121 Å². The molecule has 2 rings (SSSR count). The van der Waals surface area contributed by atoms with Gasteiger partial charge in [-0.25, -0.2) is 9.18 Å². The second kappa shape index (κ2) is 6.74. The maximum atomic E-state index is 13.5.